The molecule has 1 aliphatic rings. The standard InChI is InChI=1S/C19H17N5OS2/c1-2-5-13(6-3-1)11-24-17(14-8-9-14)21-22-19(24)27-12-16-20-18(25-23-16)15-7-4-10-26-15/h1-7,10,14H,8-9,11-12H2. The van der Waals surface area contributed by atoms with Crippen LogP contribution in [-0.4, -0.2) is 24.9 Å². The van der Waals surface area contributed by atoms with Crippen molar-refractivity contribution in [3.05, 3.63) is 65.1 Å². The summed E-state index contributed by atoms with van der Waals surface area (Å²) in [5.74, 6) is 3.49. The summed E-state index contributed by atoms with van der Waals surface area (Å²) in [7, 11) is 0. The van der Waals surface area contributed by atoms with Gasteiger partial charge < -0.3 is 9.09 Å². The average Bonchev–Trinajstić information content (AvgIpc) is 3.11. The van der Waals surface area contributed by atoms with E-state index >= 15 is 0 Å². The van der Waals surface area contributed by atoms with Crippen molar-refractivity contribution in [1.29, 1.82) is 0 Å². The highest BCUT2D eigenvalue weighted by Gasteiger charge is 2.30. The van der Waals surface area contributed by atoms with Crippen molar-refractivity contribution in [1.82, 2.24) is 24.9 Å². The molecule has 1 aromatic carbocycles. The van der Waals surface area contributed by atoms with Crippen LogP contribution in [0.2, 0.25) is 0 Å². The molecular formula is C19H17N5OS2. The molecule has 0 aliphatic heterocycles. The maximum Gasteiger partial charge on any atom is 0.268 e. The Morgan fingerprint density at radius 2 is 2.00 bits per heavy atom. The van der Waals surface area contributed by atoms with Crippen molar-refractivity contribution >= 4 is 23.1 Å². The molecule has 0 bridgehead atoms. The van der Waals surface area contributed by atoms with E-state index in [9.17, 15) is 0 Å². The van der Waals surface area contributed by atoms with E-state index in [0.29, 0.717) is 23.4 Å². The fourth-order valence-corrected chi connectivity index (χ4v) is 4.34. The molecule has 0 radical (unpaired) electrons. The van der Waals surface area contributed by atoms with Gasteiger partial charge in [0, 0.05) is 5.92 Å². The summed E-state index contributed by atoms with van der Waals surface area (Å²) < 4.78 is 7.60. The quantitative estimate of drug-likeness (QED) is 0.426. The molecule has 0 spiro atoms. The monoisotopic (exact) mass is 395 g/mol. The molecule has 3 heterocycles. The first kappa shape index (κ1) is 16.7. The smallest absolute Gasteiger partial charge is 0.268 e. The average molecular weight is 396 g/mol. The van der Waals surface area contributed by atoms with Gasteiger partial charge in [0.1, 0.15) is 5.82 Å². The lowest BCUT2D eigenvalue weighted by Crippen LogP contribution is -2.06. The Balaban J connectivity index is 1.34. The van der Waals surface area contributed by atoms with Crippen LogP contribution in [0, 0.1) is 0 Å². The third kappa shape index (κ3) is 3.68. The van der Waals surface area contributed by atoms with Crippen molar-refractivity contribution in [2.75, 3.05) is 0 Å². The van der Waals surface area contributed by atoms with Gasteiger partial charge in [-0.15, -0.1) is 21.5 Å². The third-order valence-corrected chi connectivity index (χ3v) is 6.22. The zero-order chi connectivity index (χ0) is 18.1. The highest BCUT2D eigenvalue weighted by atomic mass is 32.2. The first-order valence-corrected chi connectivity index (χ1v) is 10.7. The molecule has 6 nitrogen and oxygen atoms in total. The summed E-state index contributed by atoms with van der Waals surface area (Å²) in [5.41, 5.74) is 1.25. The van der Waals surface area contributed by atoms with E-state index in [1.165, 1.54) is 18.4 Å². The molecule has 1 fully saturated rings. The summed E-state index contributed by atoms with van der Waals surface area (Å²) in [6, 6.07) is 14.4. The third-order valence-electron chi connectivity index (χ3n) is 4.40. The highest BCUT2D eigenvalue weighted by Crippen LogP contribution is 2.40. The summed E-state index contributed by atoms with van der Waals surface area (Å²) >= 11 is 3.20. The Hall–Kier alpha value is -2.45. The minimum Gasteiger partial charge on any atom is -0.333 e. The van der Waals surface area contributed by atoms with Crippen LogP contribution in [0.25, 0.3) is 10.8 Å². The fraction of sp³-hybridized carbons (Fsp3) is 0.263. The molecule has 0 N–H and O–H groups in total. The normalized spacial score (nSPS) is 13.9. The number of hydrogen-bond donors (Lipinski definition) is 0. The molecule has 0 saturated heterocycles. The topological polar surface area (TPSA) is 69.6 Å². The summed E-state index contributed by atoms with van der Waals surface area (Å²) in [6.45, 7) is 0.786. The number of aromatic nitrogens is 5. The lowest BCUT2D eigenvalue weighted by atomic mass is 10.2. The van der Waals surface area contributed by atoms with E-state index in [2.05, 4.69) is 49.2 Å². The van der Waals surface area contributed by atoms with Gasteiger partial charge >= 0.3 is 0 Å². The van der Waals surface area contributed by atoms with Crippen molar-refractivity contribution in [2.24, 2.45) is 0 Å². The van der Waals surface area contributed by atoms with Gasteiger partial charge in [0.15, 0.2) is 11.0 Å². The first-order valence-electron chi connectivity index (χ1n) is 8.83. The van der Waals surface area contributed by atoms with Gasteiger partial charge in [-0.1, -0.05) is 53.3 Å². The van der Waals surface area contributed by atoms with Gasteiger partial charge in [0.25, 0.3) is 5.89 Å². The lowest BCUT2D eigenvalue weighted by molar-refractivity contribution is 0.426. The molecule has 0 atom stereocenters. The zero-order valence-electron chi connectivity index (χ0n) is 14.5. The van der Waals surface area contributed by atoms with E-state index in [1.54, 1.807) is 23.1 Å². The minimum absolute atomic E-state index is 0.547. The van der Waals surface area contributed by atoms with E-state index < -0.39 is 0 Å². The molecule has 0 amide bonds. The Labute approximate surface area is 164 Å². The van der Waals surface area contributed by atoms with Gasteiger partial charge in [-0.05, 0) is 29.9 Å². The predicted molar refractivity (Wildman–Crippen MR) is 105 cm³/mol. The Kier molecular flexibility index (Phi) is 4.51. The Bertz CT molecular complexity index is 1020. The molecule has 5 rings (SSSR count). The van der Waals surface area contributed by atoms with Crippen molar-refractivity contribution in [3.63, 3.8) is 0 Å². The number of thioether (sulfide) groups is 1. The number of rotatable bonds is 7. The molecule has 3 aromatic heterocycles. The molecule has 1 aliphatic carbocycles. The molecule has 0 unspecified atom stereocenters. The number of hydrogen-bond acceptors (Lipinski definition) is 7. The summed E-state index contributed by atoms with van der Waals surface area (Å²) in [4.78, 5) is 5.48. The summed E-state index contributed by atoms with van der Waals surface area (Å²) in [6.07, 6.45) is 2.40. The Morgan fingerprint density at radius 3 is 2.78 bits per heavy atom. The fourth-order valence-electron chi connectivity index (χ4n) is 2.91. The molecule has 27 heavy (non-hydrogen) atoms. The summed E-state index contributed by atoms with van der Waals surface area (Å²) in [5, 5.41) is 15.9. The van der Waals surface area contributed by atoms with Crippen LogP contribution >= 0.6 is 23.1 Å². The maximum absolute atomic E-state index is 5.37. The van der Waals surface area contributed by atoms with E-state index in [4.69, 9.17) is 4.52 Å². The van der Waals surface area contributed by atoms with Gasteiger partial charge in [0.05, 0.1) is 17.2 Å². The largest absolute Gasteiger partial charge is 0.333 e. The molecule has 136 valence electrons. The van der Waals surface area contributed by atoms with E-state index in [-0.39, 0.29) is 0 Å². The molecule has 4 aromatic rings. The van der Waals surface area contributed by atoms with Crippen LogP contribution in [0.1, 0.15) is 36.0 Å². The highest BCUT2D eigenvalue weighted by molar-refractivity contribution is 7.98. The zero-order valence-corrected chi connectivity index (χ0v) is 16.1. The van der Waals surface area contributed by atoms with Crippen LogP contribution < -0.4 is 0 Å². The van der Waals surface area contributed by atoms with Crippen LogP contribution in [0.15, 0.2) is 57.5 Å². The van der Waals surface area contributed by atoms with E-state index in [1.807, 2.05) is 23.6 Å². The van der Waals surface area contributed by atoms with Gasteiger partial charge in [-0.25, -0.2) is 0 Å². The SMILES string of the molecule is c1ccc(Cn2c(SCc3noc(-c4cccs4)n3)nnc2C2CC2)cc1. The second kappa shape index (κ2) is 7.28. The number of benzene rings is 1. The van der Waals surface area contributed by atoms with Crippen LogP contribution in [0.5, 0.6) is 0 Å². The Morgan fingerprint density at radius 1 is 1.11 bits per heavy atom. The van der Waals surface area contributed by atoms with Gasteiger partial charge in [-0.3, -0.25) is 0 Å². The molecule has 8 heteroatoms. The molecule has 1 saturated carbocycles. The van der Waals surface area contributed by atoms with Crippen molar-refractivity contribution in [3.8, 4) is 10.8 Å². The minimum atomic E-state index is 0.547. The molecular weight excluding hydrogens is 378 g/mol. The van der Waals surface area contributed by atoms with Crippen molar-refractivity contribution in [2.45, 2.75) is 36.2 Å². The predicted octanol–water partition coefficient (Wildman–Crippen LogP) is 4.61. The second-order valence-electron chi connectivity index (χ2n) is 6.47. The second-order valence-corrected chi connectivity index (χ2v) is 8.36. The maximum atomic E-state index is 5.37. The lowest BCUT2D eigenvalue weighted by Gasteiger charge is -2.09. The van der Waals surface area contributed by atoms with Gasteiger partial charge in [0.2, 0.25) is 0 Å². The van der Waals surface area contributed by atoms with E-state index in [0.717, 1.165) is 22.4 Å². The number of nitrogens with zero attached hydrogens (tertiary/aromatic N) is 5. The van der Waals surface area contributed by atoms with Crippen LogP contribution in [-0.2, 0) is 12.3 Å². The van der Waals surface area contributed by atoms with Crippen LogP contribution in [0.3, 0.4) is 0 Å². The van der Waals surface area contributed by atoms with Crippen LogP contribution in [0.4, 0.5) is 0 Å². The van der Waals surface area contributed by atoms with Crippen molar-refractivity contribution < 1.29 is 4.52 Å². The first-order chi connectivity index (χ1) is 13.4. The number of thiophene rings is 1. The van der Waals surface area contributed by atoms with Gasteiger partial charge in [-0.2, -0.15) is 4.98 Å².